The second-order valence-electron chi connectivity index (χ2n) is 6.04. The highest BCUT2D eigenvalue weighted by atomic mass is 35.5. The number of aromatic hydroxyl groups is 2. The van der Waals surface area contributed by atoms with E-state index in [4.69, 9.17) is 46.4 Å². The molecule has 0 aliphatic heterocycles. The minimum absolute atomic E-state index is 0.00871. The predicted molar refractivity (Wildman–Crippen MR) is 114 cm³/mol. The average Bonchev–Trinajstić information content (AvgIpc) is 2.66. The molecule has 3 N–H and O–H groups in total. The molecule has 1 atom stereocenters. The summed E-state index contributed by atoms with van der Waals surface area (Å²) < 4.78 is 33.9. The maximum absolute atomic E-state index is 13.0. The molecule has 0 aliphatic rings. The van der Waals surface area contributed by atoms with Gasteiger partial charge in [-0.25, -0.2) is 0 Å². The van der Waals surface area contributed by atoms with E-state index in [1.807, 2.05) is 0 Å². The number of halogens is 4. The van der Waals surface area contributed by atoms with E-state index in [1.54, 1.807) is 6.07 Å². The third kappa shape index (κ3) is 3.44. The van der Waals surface area contributed by atoms with Crippen LogP contribution in [0.4, 0.5) is 0 Å². The summed E-state index contributed by atoms with van der Waals surface area (Å²) in [5.41, 5.74) is -0.719. The highest BCUT2D eigenvalue weighted by Crippen LogP contribution is 2.54. The smallest absolute Gasteiger partial charge is 0.283 e. The van der Waals surface area contributed by atoms with Crippen LogP contribution in [-0.4, -0.2) is 23.2 Å². The fourth-order valence-electron chi connectivity index (χ4n) is 3.23. The van der Waals surface area contributed by atoms with Crippen molar-refractivity contribution in [2.24, 2.45) is 0 Å². The predicted octanol–water partition coefficient (Wildman–Crippen LogP) is 5.89. The summed E-state index contributed by atoms with van der Waals surface area (Å²) in [5.74, 6) is -1.25. The summed E-state index contributed by atoms with van der Waals surface area (Å²) in [6.45, 7) is 0. The number of rotatable bonds is 4. The molecule has 0 amide bonds. The summed E-state index contributed by atoms with van der Waals surface area (Å²) in [4.78, 5) is 0. The van der Waals surface area contributed by atoms with Crippen LogP contribution in [-0.2, 0) is 14.9 Å². The Morgan fingerprint density at radius 2 is 1.38 bits per heavy atom. The van der Waals surface area contributed by atoms with E-state index in [-0.39, 0.29) is 26.2 Å². The van der Waals surface area contributed by atoms with Crippen LogP contribution in [0.25, 0.3) is 0 Å². The van der Waals surface area contributed by atoms with Crippen LogP contribution in [0.3, 0.4) is 0 Å². The van der Waals surface area contributed by atoms with Gasteiger partial charge in [0.15, 0.2) is 10.5 Å². The van der Waals surface area contributed by atoms with Crippen molar-refractivity contribution in [2.75, 3.05) is 0 Å². The maximum Gasteiger partial charge on any atom is 0.283 e. The first-order chi connectivity index (χ1) is 13.5. The van der Waals surface area contributed by atoms with Gasteiger partial charge in [-0.15, -0.1) is 0 Å². The Bertz CT molecular complexity index is 1200. The molecule has 3 aromatic rings. The van der Waals surface area contributed by atoms with Crippen LogP contribution in [0.2, 0.25) is 20.1 Å². The van der Waals surface area contributed by atoms with Crippen LogP contribution >= 0.6 is 46.4 Å². The van der Waals surface area contributed by atoms with Crippen molar-refractivity contribution < 1.29 is 23.2 Å². The Morgan fingerprint density at radius 1 is 0.759 bits per heavy atom. The van der Waals surface area contributed by atoms with Crippen molar-refractivity contribution in [3.63, 3.8) is 0 Å². The Morgan fingerprint density at radius 3 is 1.97 bits per heavy atom. The lowest BCUT2D eigenvalue weighted by Gasteiger charge is -2.34. The van der Waals surface area contributed by atoms with Crippen LogP contribution in [0.5, 0.6) is 11.5 Å². The number of phenolic OH excluding ortho intramolecular Hbond substituents is 2. The first-order valence-corrected chi connectivity index (χ1v) is 10.9. The first-order valence-electron chi connectivity index (χ1n) is 7.91. The van der Waals surface area contributed by atoms with Gasteiger partial charge in [-0.2, -0.15) is 8.42 Å². The van der Waals surface area contributed by atoms with E-state index in [0.29, 0.717) is 0 Å². The Hall–Kier alpha value is -1.67. The van der Waals surface area contributed by atoms with Gasteiger partial charge in [0.25, 0.3) is 10.1 Å². The summed E-state index contributed by atoms with van der Waals surface area (Å²) in [6, 6.07) is 12.5. The third-order valence-corrected chi connectivity index (χ3v) is 7.12. The third-order valence-electron chi connectivity index (χ3n) is 4.43. The molecule has 10 heteroatoms. The molecule has 0 spiro atoms. The van der Waals surface area contributed by atoms with E-state index in [1.165, 1.54) is 42.5 Å². The molecule has 0 fully saturated rings. The lowest BCUT2D eigenvalue weighted by Crippen LogP contribution is -2.39. The van der Waals surface area contributed by atoms with Gasteiger partial charge in [-0.3, -0.25) is 4.55 Å². The molecule has 0 aromatic heterocycles. The molecule has 29 heavy (non-hydrogen) atoms. The zero-order chi connectivity index (χ0) is 21.6. The number of para-hydroxylation sites is 1. The zero-order valence-electron chi connectivity index (χ0n) is 14.3. The van der Waals surface area contributed by atoms with Crippen molar-refractivity contribution in [3.8, 4) is 11.5 Å². The summed E-state index contributed by atoms with van der Waals surface area (Å²) in [5, 5.41) is 19.7. The SMILES string of the molecule is O=S(=O)(O)C(c1ccccc1)(c1cccc(Cl)c1O)c1c(Cl)cc(Cl)c(O)c1Cl. The molecule has 0 heterocycles. The highest BCUT2D eigenvalue weighted by Gasteiger charge is 2.53. The van der Waals surface area contributed by atoms with Crippen LogP contribution in [0.15, 0.2) is 54.6 Å². The van der Waals surface area contributed by atoms with E-state index < -0.39 is 37.0 Å². The van der Waals surface area contributed by atoms with E-state index >= 15 is 0 Å². The second-order valence-corrected chi connectivity index (χ2v) is 9.20. The van der Waals surface area contributed by atoms with Gasteiger partial charge < -0.3 is 10.2 Å². The van der Waals surface area contributed by atoms with Crippen LogP contribution in [0, 0.1) is 0 Å². The van der Waals surface area contributed by atoms with Gasteiger partial charge >= 0.3 is 0 Å². The van der Waals surface area contributed by atoms with Gasteiger partial charge in [-0.1, -0.05) is 88.9 Å². The molecule has 0 saturated carbocycles. The fourth-order valence-corrected chi connectivity index (χ4v) is 5.91. The lowest BCUT2D eigenvalue weighted by molar-refractivity contribution is 0.439. The summed E-state index contributed by atoms with van der Waals surface area (Å²) in [6.07, 6.45) is 0. The van der Waals surface area contributed by atoms with Gasteiger partial charge in [0.05, 0.1) is 15.1 Å². The molecule has 3 rings (SSSR count). The Kier molecular flexibility index (Phi) is 5.98. The maximum atomic E-state index is 13.0. The molecule has 1 unspecified atom stereocenters. The van der Waals surface area contributed by atoms with Gasteiger partial charge in [0, 0.05) is 16.1 Å². The Balaban J connectivity index is 2.67. The largest absolute Gasteiger partial charge is 0.506 e. The van der Waals surface area contributed by atoms with Crippen LogP contribution in [0.1, 0.15) is 16.7 Å². The van der Waals surface area contributed by atoms with Crippen molar-refractivity contribution >= 4 is 56.5 Å². The van der Waals surface area contributed by atoms with Crippen molar-refractivity contribution in [1.82, 2.24) is 0 Å². The molecule has 152 valence electrons. The number of phenols is 2. The average molecular weight is 494 g/mol. The van der Waals surface area contributed by atoms with Gasteiger partial charge in [0.1, 0.15) is 5.75 Å². The standard InChI is InChI=1S/C19H12Cl4O5S/c20-12-8-4-7-11(17(12)24)19(29(26,27)28,10-5-2-1-3-6-10)15-13(21)9-14(22)18(25)16(15)23/h1-9,24-25H,(H,26,27,28). The minimum Gasteiger partial charge on any atom is -0.506 e. The fraction of sp³-hybridized carbons (Fsp3) is 0.0526. The van der Waals surface area contributed by atoms with E-state index in [9.17, 15) is 23.2 Å². The molecule has 0 radical (unpaired) electrons. The summed E-state index contributed by atoms with van der Waals surface area (Å²) >= 11 is 24.5. The molecule has 5 nitrogen and oxygen atoms in total. The molecule has 0 saturated heterocycles. The molecule has 0 bridgehead atoms. The topological polar surface area (TPSA) is 94.8 Å². The number of hydrogen-bond donors (Lipinski definition) is 3. The number of benzene rings is 3. The molecular formula is C19H12Cl4O5S. The van der Waals surface area contributed by atoms with Crippen molar-refractivity contribution in [2.45, 2.75) is 4.75 Å². The molecule has 0 aliphatic carbocycles. The molecular weight excluding hydrogens is 482 g/mol. The minimum atomic E-state index is -5.14. The van der Waals surface area contributed by atoms with Crippen LogP contribution < -0.4 is 0 Å². The van der Waals surface area contributed by atoms with Gasteiger partial charge in [0.2, 0.25) is 0 Å². The monoisotopic (exact) mass is 492 g/mol. The lowest BCUT2D eigenvalue weighted by atomic mass is 9.83. The van der Waals surface area contributed by atoms with Crippen molar-refractivity contribution in [3.05, 3.63) is 91.4 Å². The molecule has 3 aromatic carbocycles. The normalized spacial score (nSPS) is 13.8. The quantitative estimate of drug-likeness (QED) is 0.311. The highest BCUT2D eigenvalue weighted by molar-refractivity contribution is 7.87. The van der Waals surface area contributed by atoms with Gasteiger partial charge in [-0.05, 0) is 17.7 Å². The van der Waals surface area contributed by atoms with Crippen molar-refractivity contribution in [1.29, 1.82) is 0 Å². The zero-order valence-corrected chi connectivity index (χ0v) is 18.1. The Labute approximate surface area is 186 Å². The summed E-state index contributed by atoms with van der Waals surface area (Å²) in [7, 11) is -5.14. The van der Waals surface area contributed by atoms with E-state index in [2.05, 4.69) is 0 Å². The number of hydrogen-bond acceptors (Lipinski definition) is 4. The second kappa shape index (κ2) is 7.87. The van der Waals surface area contributed by atoms with E-state index in [0.717, 1.165) is 6.07 Å². The first kappa shape index (κ1) is 22.0.